The molecule has 0 aromatic heterocycles. The Labute approximate surface area is 149 Å². The summed E-state index contributed by atoms with van der Waals surface area (Å²) in [5.41, 5.74) is 0. The molecule has 0 bridgehead atoms. The third-order valence-corrected chi connectivity index (χ3v) is 4.09. The lowest BCUT2D eigenvalue weighted by molar-refractivity contribution is -0.127. The third-order valence-electron chi connectivity index (χ3n) is 3.08. The molecule has 134 valence electrons. The number of rotatable bonds is 9. The van der Waals surface area contributed by atoms with Crippen LogP contribution in [0.3, 0.4) is 0 Å². The largest absolute Gasteiger partial charge is 0.383 e. The first-order valence-corrected chi connectivity index (χ1v) is 8.93. The molecule has 0 aliphatic carbocycles. The van der Waals surface area contributed by atoms with Crippen LogP contribution in [-0.4, -0.2) is 69.5 Å². The van der Waals surface area contributed by atoms with Crippen molar-refractivity contribution in [1.29, 1.82) is 0 Å². The van der Waals surface area contributed by atoms with Crippen molar-refractivity contribution in [3.63, 3.8) is 0 Å². The number of thioether (sulfide) groups is 1. The molecule has 1 rings (SSSR count). The SMILES string of the molecule is COCC(C)NC(=NCC(=O)N(C)C)NCCSc1ccccc1. The van der Waals surface area contributed by atoms with E-state index in [0.29, 0.717) is 12.6 Å². The first-order chi connectivity index (χ1) is 11.5. The second-order valence-electron chi connectivity index (χ2n) is 5.54. The molecule has 6 nitrogen and oxygen atoms in total. The van der Waals surface area contributed by atoms with Gasteiger partial charge in [0.1, 0.15) is 6.54 Å². The van der Waals surface area contributed by atoms with Crippen LogP contribution in [0, 0.1) is 0 Å². The highest BCUT2D eigenvalue weighted by molar-refractivity contribution is 7.99. The van der Waals surface area contributed by atoms with Crippen molar-refractivity contribution in [3.05, 3.63) is 30.3 Å². The van der Waals surface area contributed by atoms with Gasteiger partial charge in [-0.25, -0.2) is 4.99 Å². The Morgan fingerprint density at radius 1 is 1.33 bits per heavy atom. The number of carbonyl (C=O) groups excluding carboxylic acids is 1. The molecular weight excluding hydrogens is 324 g/mol. The van der Waals surface area contributed by atoms with Crippen molar-refractivity contribution < 1.29 is 9.53 Å². The molecule has 1 amide bonds. The van der Waals surface area contributed by atoms with Gasteiger partial charge in [-0.15, -0.1) is 11.8 Å². The molecule has 0 heterocycles. The summed E-state index contributed by atoms with van der Waals surface area (Å²) in [7, 11) is 5.11. The Morgan fingerprint density at radius 2 is 2.04 bits per heavy atom. The van der Waals surface area contributed by atoms with E-state index in [4.69, 9.17) is 4.74 Å². The van der Waals surface area contributed by atoms with E-state index in [0.717, 1.165) is 12.3 Å². The van der Waals surface area contributed by atoms with E-state index < -0.39 is 0 Å². The minimum Gasteiger partial charge on any atom is -0.383 e. The second kappa shape index (κ2) is 11.8. The van der Waals surface area contributed by atoms with E-state index in [9.17, 15) is 4.79 Å². The summed E-state index contributed by atoms with van der Waals surface area (Å²) >= 11 is 1.78. The summed E-state index contributed by atoms with van der Waals surface area (Å²) in [6, 6.07) is 10.4. The summed E-state index contributed by atoms with van der Waals surface area (Å²) in [4.78, 5) is 18.8. The molecule has 2 N–H and O–H groups in total. The maximum absolute atomic E-state index is 11.7. The Balaban J connectivity index is 2.47. The van der Waals surface area contributed by atoms with E-state index in [2.05, 4.69) is 27.8 Å². The molecule has 0 spiro atoms. The molecule has 0 radical (unpaired) electrons. The van der Waals surface area contributed by atoms with Crippen LogP contribution in [0.15, 0.2) is 40.2 Å². The molecule has 0 saturated carbocycles. The Kier molecular flexibility index (Phi) is 9.95. The van der Waals surface area contributed by atoms with Crippen LogP contribution in [0.1, 0.15) is 6.92 Å². The highest BCUT2D eigenvalue weighted by atomic mass is 32.2. The summed E-state index contributed by atoms with van der Waals surface area (Å²) in [6.45, 7) is 3.45. The maximum atomic E-state index is 11.7. The number of amides is 1. The number of aliphatic imine (C=N–C) groups is 1. The summed E-state index contributed by atoms with van der Waals surface area (Å²) in [6.07, 6.45) is 0. The van der Waals surface area contributed by atoms with E-state index in [1.54, 1.807) is 33.0 Å². The Bertz CT molecular complexity index is 509. The zero-order chi connectivity index (χ0) is 17.8. The average molecular weight is 353 g/mol. The molecule has 1 aromatic rings. The number of methoxy groups -OCH3 is 1. The van der Waals surface area contributed by atoms with Crippen molar-refractivity contribution in [2.45, 2.75) is 17.9 Å². The van der Waals surface area contributed by atoms with Crippen molar-refractivity contribution in [2.75, 3.05) is 46.7 Å². The molecule has 1 atom stereocenters. The topological polar surface area (TPSA) is 66.0 Å². The van der Waals surface area contributed by atoms with Crippen LogP contribution in [0.5, 0.6) is 0 Å². The lowest BCUT2D eigenvalue weighted by Gasteiger charge is -2.18. The van der Waals surface area contributed by atoms with E-state index in [1.165, 1.54) is 9.80 Å². The standard InChI is InChI=1S/C17H28N4O2S/c1-14(13-23-4)20-17(19-12-16(22)21(2)3)18-10-11-24-15-8-6-5-7-9-15/h5-9,14H,10-13H2,1-4H3,(H2,18,19,20). The monoisotopic (exact) mass is 352 g/mol. The molecule has 0 aliphatic heterocycles. The van der Waals surface area contributed by atoms with Crippen LogP contribution in [0.25, 0.3) is 0 Å². The molecule has 0 fully saturated rings. The van der Waals surface area contributed by atoms with Gasteiger partial charge in [-0.1, -0.05) is 18.2 Å². The summed E-state index contributed by atoms with van der Waals surface area (Å²) in [5.74, 6) is 1.50. The van der Waals surface area contributed by atoms with Crippen LogP contribution in [-0.2, 0) is 9.53 Å². The smallest absolute Gasteiger partial charge is 0.243 e. The van der Waals surface area contributed by atoms with E-state index >= 15 is 0 Å². The van der Waals surface area contributed by atoms with Gasteiger partial charge in [-0.3, -0.25) is 4.79 Å². The molecule has 0 saturated heterocycles. The number of hydrogen-bond acceptors (Lipinski definition) is 4. The van der Waals surface area contributed by atoms with Crippen molar-refractivity contribution in [3.8, 4) is 0 Å². The van der Waals surface area contributed by atoms with Gasteiger partial charge >= 0.3 is 0 Å². The number of hydrogen-bond donors (Lipinski definition) is 2. The minimum atomic E-state index is -0.0332. The number of likely N-dealkylation sites (N-methyl/N-ethyl adjacent to an activating group) is 1. The van der Waals surface area contributed by atoms with Gasteiger partial charge in [0.25, 0.3) is 0 Å². The summed E-state index contributed by atoms with van der Waals surface area (Å²) in [5, 5.41) is 6.51. The van der Waals surface area contributed by atoms with Crippen molar-refractivity contribution in [1.82, 2.24) is 15.5 Å². The Hall–Kier alpha value is -1.73. The van der Waals surface area contributed by atoms with E-state index in [-0.39, 0.29) is 18.5 Å². The Morgan fingerprint density at radius 3 is 2.67 bits per heavy atom. The molecule has 7 heteroatoms. The number of benzene rings is 1. The zero-order valence-electron chi connectivity index (χ0n) is 14.9. The fourth-order valence-electron chi connectivity index (χ4n) is 1.82. The maximum Gasteiger partial charge on any atom is 0.243 e. The van der Waals surface area contributed by atoms with Crippen LogP contribution >= 0.6 is 11.8 Å². The molecule has 0 aliphatic rings. The van der Waals surface area contributed by atoms with Crippen LogP contribution < -0.4 is 10.6 Å². The van der Waals surface area contributed by atoms with Gasteiger partial charge in [-0.05, 0) is 19.1 Å². The van der Waals surface area contributed by atoms with Crippen molar-refractivity contribution in [2.24, 2.45) is 4.99 Å². The van der Waals surface area contributed by atoms with Gasteiger partial charge in [0.15, 0.2) is 5.96 Å². The van der Waals surface area contributed by atoms with Gasteiger partial charge in [-0.2, -0.15) is 0 Å². The molecule has 1 unspecified atom stereocenters. The third kappa shape index (κ3) is 8.79. The molecule has 1 aromatic carbocycles. The highest BCUT2D eigenvalue weighted by Gasteiger charge is 2.07. The molecular formula is C17H28N4O2S. The minimum absolute atomic E-state index is 0.0332. The van der Waals surface area contributed by atoms with Crippen LogP contribution in [0.4, 0.5) is 0 Å². The lowest BCUT2D eigenvalue weighted by Crippen LogP contribution is -2.45. The second-order valence-corrected chi connectivity index (χ2v) is 6.71. The number of nitrogens with zero attached hydrogens (tertiary/aromatic N) is 2. The normalized spacial score (nSPS) is 12.6. The van der Waals surface area contributed by atoms with Gasteiger partial charge < -0.3 is 20.3 Å². The van der Waals surface area contributed by atoms with Crippen LogP contribution in [0.2, 0.25) is 0 Å². The van der Waals surface area contributed by atoms with Crippen molar-refractivity contribution >= 4 is 23.6 Å². The fraction of sp³-hybridized carbons (Fsp3) is 0.529. The molecule has 24 heavy (non-hydrogen) atoms. The zero-order valence-corrected chi connectivity index (χ0v) is 15.7. The first-order valence-electron chi connectivity index (χ1n) is 7.94. The number of nitrogens with one attached hydrogen (secondary N) is 2. The van der Waals surface area contributed by atoms with Gasteiger partial charge in [0.05, 0.1) is 6.61 Å². The number of ether oxygens (including phenoxy) is 1. The fourth-order valence-corrected chi connectivity index (χ4v) is 2.61. The highest BCUT2D eigenvalue weighted by Crippen LogP contribution is 2.15. The number of guanidine groups is 1. The predicted molar refractivity (Wildman–Crippen MR) is 101 cm³/mol. The van der Waals surface area contributed by atoms with Gasteiger partial charge in [0, 0.05) is 44.4 Å². The number of carbonyl (C=O) groups is 1. The quantitative estimate of drug-likeness (QED) is 0.305. The van der Waals surface area contributed by atoms with E-state index in [1.807, 2.05) is 25.1 Å². The first kappa shape index (κ1) is 20.3. The lowest BCUT2D eigenvalue weighted by atomic mass is 10.4. The summed E-state index contributed by atoms with van der Waals surface area (Å²) < 4.78 is 5.13. The van der Waals surface area contributed by atoms with Gasteiger partial charge in [0.2, 0.25) is 5.91 Å². The average Bonchev–Trinajstić information content (AvgIpc) is 2.57. The predicted octanol–water partition coefficient (Wildman–Crippen LogP) is 1.44.